The van der Waals surface area contributed by atoms with Crippen LogP contribution in [0.3, 0.4) is 0 Å². The number of ether oxygens (including phenoxy) is 1. The number of piperidine rings is 1. The molecule has 3 aliphatic rings. The van der Waals surface area contributed by atoms with Gasteiger partial charge in [-0.1, -0.05) is 6.92 Å². The molecular weight excluding hydrogens is 256 g/mol. The number of rotatable bonds is 4. The summed E-state index contributed by atoms with van der Waals surface area (Å²) in [7, 11) is 0. The third-order valence-electron chi connectivity index (χ3n) is 4.69. The highest BCUT2D eigenvalue weighted by Gasteiger charge is 2.37. The summed E-state index contributed by atoms with van der Waals surface area (Å²) in [6, 6.07) is 0. The first-order chi connectivity index (χ1) is 9.57. The molecule has 0 unspecified atom stereocenters. The molecule has 5 heteroatoms. The molecule has 3 fully saturated rings. The number of nitrogens with zero attached hydrogens (tertiary/aromatic N) is 1. The minimum absolute atomic E-state index is 0.0721. The Hall–Kier alpha value is -1.10. The van der Waals surface area contributed by atoms with Crippen LogP contribution in [0, 0.1) is 17.3 Å². The van der Waals surface area contributed by atoms with Crippen LogP contribution < -0.4 is 5.32 Å². The van der Waals surface area contributed by atoms with Crippen LogP contribution in [-0.2, 0) is 14.3 Å². The van der Waals surface area contributed by atoms with Gasteiger partial charge in [0.15, 0.2) is 0 Å². The van der Waals surface area contributed by atoms with Crippen molar-refractivity contribution in [1.82, 2.24) is 10.2 Å². The van der Waals surface area contributed by atoms with Gasteiger partial charge in [-0.05, 0) is 25.7 Å². The van der Waals surface area contributed by atoms with Crippen molar-refractivity contribution < 1.29 is 14.3 Å². The number of carbonyl (C=O) groups is 2. The van der Waals surface area contributed by atoms with Crippen LogP contribution >= 0.6 is 0 Å². The Morgan fingerprint density at radius 3 is 2.30 bits per heavy atom. The molecule has 0 spiro atoms. The number of nitrogens with one attached hydrogen (secondary N) is 1. The van der Waals surface area contributed by atoms with Crippen LogP contribution in [0.4, 0.5) is 0 Å². The van der Waals surface area contributed by atoms with E-state index in [1.165, 1.54) is 0 Å². The summed E-state index contributed by atoms with van der Waals surface area (Å²) in [4.78, 5) is 26.1. The second-order valence-corrected chi connectivity index (χ2v) is 6.90. The van der Waals surface area contributed by atoms with E-state index < -0.39 is 0 Å². The monoisotopic (exact) mass is 280 g/mol. The first kappa shape index (κ1) is 13.9. The number of amides is 2. The lowest BCUT2D eigenvalue weighted by molar-refractivity contribution is -0.138. The second-order valence-electron chi connectivity index (χ2n) is 6.90. The molecule has 1 N–H and O–H groups in total. The lowest BCUT2D eigenvalue weighted by Crippen LogP contribution is -2.50. The molecule has 1 aliphatic carbocycles. The maximum absolute atomic E-state index is 12.2. The normalized spacial score (nSPS) is 25.9. The molecule has 0 radical (unpaired) electrons. The highest BCUT2D eigenvalue weighted by Crippen LogP contribution is 2.32. The number of hydrogen-bond acceptors (Lipinski definition) is 3. The van der Waals surface area contributed by atoms with Crippen LogP contribution in [0.15, 0.2) is 0 Å². The quantitative estimate of drug-likeness (QED) is 0.828. The first-order valence-corrected chi connectivity index (χ1v) is 7.72. The van der Waals surface area contributed by atoms with Gasteiger partial charge in [-0.2, -0.15) is 0 Å². The average Bonchev–Trinajstić information content (AvgIpc) is 3.26. The SMILES string of the molecule is CC1(CNC(=O)C2CCN(C(=O)C3CC3)CC2)COC1. The van der Waals surface area contributed by atoms with Crippen molar-refractivity contribution in [1.29, 1.82) is 0 Å². The number of hydrogen-bond donors (Lipinski definition) is 1. The van der Waals surface area contributed by atoms with E-state index in [1.807, 2.05) is 4.90 Å². The number of likely N-dealkylation sites (tertiary alicyclic amines) is 1. The zero-order chi connectivity index (χ0) is 14.2. The van der Waals surface area contributed by atoms with Crippen LogP contribution in [0.2, 0.25) is 0 Å². The molecule has 20 heavy (non-hydrogen) atoms. The van der Waals surface area contributed by atoms with Crippen molar-refractivity contribution >= 4 is 11.8 Å². The van der Waals surface area contributed by atoms with Gasteiger partial charge in [-0.25, -0.2) is 0 Å². The molecule has 5 nitrogen and oxygen atoms in total. The smallest absolute Gasteiger partial charge is 0.225 e. The average molecular weight is 280 g/mol. The predicted octanol–water partition coefficient (Wildman–Crippen LogP) is 0.788. The largest absolute Gasteiger partial charge is 0.380 e. The van der Waals surface area contributed by atoms with Gasteiger partial charge < -0.3 is 15.0 Å². The highest BCUT2D eigenvalue weighted by molar-refractivity contribution is 5.82. The fourth-order valence-corrected chi connectivity index (χ4v) is 2.95. The lowest BCUT2D eigenvalue weighted by atomic mass is 9.88. The maximum atomic E-state index is 12.2. The molecule has 2 amide bonds. The van der Waals surface area contributed by atoms with Gasteiger partial charge in [0.05, 0.1) is 13.2 Å². The first-order valence-electron chi connectivity index (χ1n) is 7.72. The van der Waals surface area contributed by atoms with Crippen LogP contribution in [-0.4, -0.2) is 49.6 Å². The number of carbonyl (C=O) groups excluding carboxylic acids is 2. The Bertz CT molecular complexity index is 394. The predicted molar refractivity (Wildman–Crippen MR) is 74.0 cm³/mol. The van der Waals surface area contributed by atoms with Crippen molar-refractivity contribution in [3.05, 3.63) is 0 Å². The van der Waals surface area contributed by atoms with Crippen molar-refractivity contribution in [2.24, 2.45) is 17.3 Å². The molecule has 0 aromatic carbocycles. The van der Waals surface area contributed by atoms with Gasteiger partial charge in [-0.15, -0.1) is 0 Å². The summed E-state index contributed by atoms with van der Waals surface area (Å²) in [5.74, 6) is 0.821. The van der Waals surface area contributed by atoms with Gasteiger partial charge in [-0.3, -0.25) is 9.59 Å². The maximum Gasteiger partial charge on any atom is 0.225 e. The van der Waals surface area contributed by atoms with Gasteiger partial charge in [0.2, 0.25) is 11.8 Å². The minimum atomic E-state index is 0.0721. The molecule has 0 aromatic heterocycles. The summed E-state index contributed by atoms with van der Waals surface area (Å²) in [6.07, 6.45) is 3.72. The van der Waals surface area contributed by atoms with Crippen molar-refractivity contribution in [2.45, 2.75) is 32.6 Å². The molecule has 1 saturated carbocycles. The van der Waals surface area contributed by atoms with E-state index in [-0.39, 0.29) is 17.2 Å². The van der Waals surface area contributed by atoms with Gasteiger partial charge in [0.1, 0.15) is 0 Å². The summed E-state index contributed by atoms with van der Waals surface area (Å²) < 4.78 is 5.19. The summed E-state index contributed by atoms with van der Waals surface area (Å²) in [5.41, 5.74) is 0.123. The van der Waals surface area contributed by atoms with Crippen molar-refractivity contribution in [2.75, 3.05) is 32.8 Å². The zero-order valence-electron chi connectivity index (χ0n) is 12.2. The molecule has 2 aliphatic heterocycles. The molecule has 0 bridgehead atoms. The standard InChI is InChI=1S/C15H24N2O3/c1-15(9-20-10-15)8-16-13(18)11-4-6-17(7-5-11)14(19)12-2-3-12/h11-12H,2-10H2,1H3,(H,16,18). The molecular formula is C15H24N2O3. The van der Waals surface area contributed by atoms with Gasteiger partial charge in [0.25, 0.3) is 0 Å². The fraction of sp³-hybridized carbons (Fsp3) is 0.867. The van der Waals surface area contributed by atoms with E-state index in [0.717, 1.165) is 52.0 Å². The molecule has 2 saturated heterocycles. The van der Waals surface area contributed by atoms with Crippen molar-refractivity contribution in [3.8, 4) is 0 Å². The van der Waals surface area contributed by atoms with E-state index in [1.54, 1.807) is 0 Å². The summed E-state index contributed by atoms with van der Waals surface area (Å²) in [6.45, 7) is 5.80. The Balaban J connectivity index is 1.40. The Morgan fingerprint density at radius 2 is 1.80 bits per heavy atom. The minimum Gasteiger partial charge on any atom is -0.380 e. The Morgan fingerprint density at radius 1 is 1.15 bits per heavy atom. The van der Waals surface area contributed by atoms with Crippen molar-refractivity contribution in [3.63, 3.8) is 0 Å². The third-order valence-corrected chi connectivity index (χ3v) is 4.69. The second kappa shape index (κ2) is 5.35. The van der Waals surface area contributed by atoms with E-state index >= 15 is 0 Å². The Labute approximate surface area is 120 Å². The summed E-state index contributed by atoms with van der Waals surface area (Å²) >= 11 is 0. The van der Waals surface area contributed by atoms with E-state index in [9.17, 15) is 9.59 Å². The molecule has 0 atom stereocenters. The molecule has 0 aromatic rings. The van der Waals surface area contributed by atoms with Crippen LogP contribution in [0.25, 0.3) is 0 Å². The summed E-state index contributed by atoms with van der Waals surface area (Å²) in [5, 5.41) is 3.05. The van der Waals surface area contributed by atoms with Gasteiger partial charge in [0, 0.05) is 36.9 Å². The highest BCUT2D eigenvalue weighted by atomic mass is 16.5. The van der Waals surface area contributed by atoms with Gasteiger partial charge >= 0.3 is 0 Å². The Kier molecular flexibility index (Phi) is 3.71. The molecule has 112 valence electrons. The van der Waals surface area contributed by atoms with E-state index in [2.05, 4.69) is 12.2 Å². The fourth-order valence-electron chi connectivity index (χ4n) is 2.95. The lowest BCUT2D eigenvalue weighted by Gasteiger charge is -2.38. The van der Waals surface area contributed by atoms with E-state index in [4.69, 9.17) is 4.74 Å². The molecule has 2 heterocycles. The van der Waals surface area contributed by atoms with Crippen LogP contribution in [0.5, 0.6) is 0 Å². The molecule has 3 rings (SSSR count). The topological polar surface area (TPSA) is 58.6 Å². The van der Waals surface area contributed by atoms with E-state index in [0.29, 0.717) is 18.4 Å². The zero-order valence-corrected chi connectivity index (χ0v) is 12.2. The van der Waals surface area contributed by atoms with Crippen LogP contribution in [0.1, 0.15) is 32.6 Å². The third kappa shape index (κ3) is 2.97.